The predicted molar refractivity (Wildman–Crippen MR) is 78.8 cm³/mol. The van der Waals surface area contributed by atoms with Crippen LogP contribution in [0, 0.1) is 0 Å². The lowest BCUT2D eigenvalue weighted by Gasteiger charge is -2.29. The molecular weight excluding hydrogens is 266 g/mol. The highest BCUT2D eigenvalue weighted by atomic mass is 35.5. The molecule has 0 spiro atoms. The fourth-order valence-corrected chi connectivity index (χ4v) is 3.64. The number of halogens is 1. The van der Waals surface area contributed by atoms with E-state index in [0.717, 1.165) is 26.9 Å². The van der Waals surface area contributed by atoms with Crippen LogP contribution < -0.4 is 5.32 Å². The van der Waals surface area contributed by atoms with E-state index in [1.807, 2.05) is 18.2 Å². The van der Waals surface area contributed by atoms with E-state index in [2.05, 4.69) is 22.2 Å². The summed E-state index contributed by atoms with van der Waals surface area (Å²) in [6, 6.07) is 6.36. The number of hydrogen-bond donors (Lipinski definition) is 1. The summed E-state index contributed by atoms with van der Waals surface area (Å²) in [7, 11) is 2.17. The first-order valence-electron chi connectivity index (χ1n) is 6.22. The van der Waals surface area contributed by atoms with E-state index in [-0.39, 0.29) is 0 Å². The van der Waals surface area contributed by atoms with Crippen LogP contribution in [0.4, 0.5) is 5.13 Å². The average Bonchev–Trinajstić information content (AvgIpc) is 2.70. The van der Waals surface area contributed by atoms with Crippen molar-refractivity contribution in [2.45, 2.75) is 18.9 Å². The molecule has 0 aliphatic carbocycles. The maximum absolute atomic E-state index is 5.99. The Morgan fingerprint density at radius 2 is 2.39 bits per heavy atom. The number of likely N-dealkylation sites (N-methyl/N-ethyl adjacent to an activating group) is 1. The molecule has 0 radical (unpaired) electrons. The summed E-state index contributed by atoms with van der Waals surface area (Å²) in [5.74, 6) is 0. The molecule has 3 nitrogen and oxygen atoms in total. The van der Waals surface area contributed by atoms with Crippen molar-refractivity contribution in [3.05, 3.63) is 23.2 Å². The molecule has 1 unspecified atom stereocenters. The number of nitrogens with one attached hydrogen (secondary N) is 1. The number of thiazole rings is 1. The second-order valence-electron chi connectivity index (χ2n) is 4.88. The van der Waals surface area contributed by atoms with Crippen molar-refractivity contribution in [2.24, 2.45) is 0 Å². The van der Waals surface area contributed by atoms with Gasteiger partial charge in [0, 0.05) is 17.6 Å². The Kier molecular flexibility index (Phi) is 3.41. The fraction of sp³-hybridized carbons (Fsp3) is 0.462. The zero-order valence-corrected chi connectivity index (χ0v) is 11.9. The molecule has 18 heavy (non-hydrogen) atoms. The van der Waals surface area contributed by atoms with E-state index in [9.17, 15) is 0 Å². The van der Waals surface area contributed by atoms with Crippen LogP contribution in [-0.4, -0.2) is 36.1 Å². The largest absolute Gasteiger partial charge is 0.357 e. The SMILES string of the molecule is CN1CCCC(Nc2nc3ccc(Cl)cc3s2)C1. The first kappa shape index (κ1) is 12.2. The van der Waals surface area contributed by atoms with Gasteiger partial charge in [-0.15, -0.1) is 0 Å². The van der Waals surface area contributed by atoms with E-state index in [1.165, 1.54) is 19.4 Å². The number of benzene rings is 1. The highest BCUT2D eigenvalue weighted by molar-refractivity contribution is 7.22. The Morgan fingerprint density at radius 3 is 3.22 bits per heavy atom. The normalized spacial score (nSPS) is 21.3. The van der Waals surface area contributed by atoms with Crippen LogP contribution >= 0.6 is 22.9 Å². The first-order chi connectivity index (χ1) is 8.70. The van der Waals surface area contributed by atoms with Gasteiger partial charge in [-0.25, -0.2) is 4.98 Å². The predicted octanol–water partition coefficient (Wildman–Crippen LogP) is 3.46. The fourth-order valence-electron chi connectivity index (χ4n) is 2.42. The number of rotatable bonds is 2. The van der Waals surface area contributed by atoms with Crippen molar-refractivity contribution < 1.29 is 0 Å². The second kappa shape index (κ2) is 5.03. The van der Waals surface area contributed by atoms with E-state index >= 15 is 0 Å². The number of aromatic nitrogens is 1. The molecule has 0 saturated carbocycles. The van der Waals surface area contributed by atoms with Gasteiger partial charge in [-0.1, -0.05) is 22.9 Å². The number of hydrogen-bond acceptors (Lipinski definition) is 4. The van der Waals surface area contributed by atoms with Gasteiger partial charge in [0.2, 0.25) is 0 Å². The Hall–Kier alpha value is -0.840. The summed E-state index contributed by atoms with van der Waals surface area (Å²) in [6.45, 7) is 2.30. The van der Waals surface area contributed by atoms with Gasteiger partial charge in [0.05, 0.1) is 10.2 Å². The van der Waals surface area contributed by atoms with Crippen LogP contribution in [0.2, 0.25) is 5.02 Å². The maximum Gasteiger partial charge on any atom is 0.184 e. The average molecular weight is 282 g/mol. The van der Waals surface area contributed by atoms with E-state index in [0.29, 0.717) is 6.04 Å². The Bertz CT molecular complexity index is 554. The maximum atomic E-state index is 5.99. The van der Waals surface area contributed by atoms with Gasteiger partial charge < -0.3 is 10.2 Å². The molecule has 0 bridgehead atoms. The van der Waals surface area contributed by atoms with Crippen LogP contribution in [0.3, 0.4) is 0 Å². The summed E-state index contributed by atoms with van der Waals surface area (Å²) in [6.07, 6.45) is 2.48. The third-order valence-electron chi connectivity index (χ3n) is 3.30. The third-order valence-corrected chi connectivity index (χ3v) is 4.49. The smallest absolute Gasteiger partial charge is 0.184 e. The highest BCUT2D eigenvalue weighted by Gasteiger charge is 2.18. The summed E-state index contributed by atoms with van der Waals surface area (Å²) in [5.41, 5.74) is 1.02. The second-order valence-corrected chi connectivity index (χ2v) is 6.34. The minimum absolute atomic E-state index is 0.514. The van der Waals surface area contributed by atoms with Crippen molar-refractivity contribution in [1.29, 1.82) is 0 Å². The number of nitrogens with zero attached hydrogens (tertiary/aromatic N) is 2. The van der Waals surface area contributed by atoms with Crippen molar-refractivity contribution in [2.75, 3.05) is 25.5 Å². The molecule has 96 valence electrons. The summed E-state index contributed by atoms with van der Waals surface area (Å²) < 4.78 is 1.15. The minimum atomic E-state index is 0.514. The van der Waals surface area contributed by atoms with Crippen molar-refractivity contribution in [3.8, 4) is 0 Å². The topological polar surface area (TPSA) is 28.2 Å². The van der Waals surface area contributed by atoms with Crippen LogP contribution in [0.25, 0.3) is 10.2 Å². The van der Waals surface area contributed by atoms with E-state index in [1.54, 1.807) is 11.3 Å². The van der Waals surface area contributed by atoms with Gasteiger partial charge in [0.1, 0.15) is 0 Å². The lowest BCUT2D eigenvalue weighted by molar-refractivity contribution is 0.261. The van der Waals surface area contributed by atoms with Gasteiger partial charge in [-0.2, -0.15) is 0 Å². The number of piperidine rings is 1. The molecule has 1 aliphatic heterocycles. The van der Waals surface area contributed by atoms with Gasteiger partial charge in [-0.3, -0.25) is 0 Å². The Balaban J connectivity index is 1.78. The van der Waals surface area contributed by atoms with E-state index in [4.69, 9.17) is 11.6 Å². The standard InChI is InChI=1S/C13H16ClN3S/c1-17-6-2-3-10(8-17)15-13-16-11-5-4-9(14)7-12(11)18-13/h4-5,7,10H,2-3,6,8H2,1H3,(H,15,16). The first-order valence-corrected chi connectivity index (χ1v) is 7.41. The number of anilines is 1. The molecule has 1 aliphatic rings. The van der Waals surface area contributed by atoms with E-state index < -0.39 is 0 Å². The quantitative estimate of drug-likeness (QED) is 0.914. The zero-order chi connectivity index (χ0) is 12.5. The molecule has 1 N–H and O–H groups in total. The van der Waals surface area contributed by atoms with Crippen molar-refractivity contribution in [3.63, 3.8) is 0 Å². The van der Waals surface area contributed by atoms with Crippen LogP contribution in [0.15, 0.2) is 18.2 Å². The Labute approximate surface area is 116 Å². The third kappa shape index (κ3) is 2.60. The molecule has 2 heterocycles. The summed E-state index contributed by atoms with van der Waals surface area (Å²) >= 11 is 7.67. The lowest BCUT2D eigenvalue weighted by atomic mass is 10.1. The number of fused-ring (bicyclic) bond motifs is 1. The van der Waals surface area contributed by atoms with Crippen molar-refractivity contribution in [1.82, 2.24) is 9.88 Å². The molecule has 3 rings (SSSR count). The van der Waals surface area contributed by atoms with Crippen LogP contribution in [0.5, 0.6) is 0 Å². The summed E-state index contributed by atoms with van der Waals surface area (Å²) in [4.78, 5) is 6.97. The molecule has 1 saturated heterocycles. The molecule has 1 aromatic heterocycles. The number of likely N-dealkylation sites (tertiary alicyclic amines) is 1. The van der Waals surface area contributed by atoms with Crippen LogP contribution in [0.1, 0.15) is 12.8 Å². The lowest BCUT2D eigenvalue weighted by Crippen LogP contribution is -2.39. The highest BCUT2D eigenvalue weighted by Crippen LogP contribution is 2.29. The molecule has 1 aromatic carbocycles. The van der Waals surface area contributed by atoms with Gasteiger partial charge in [0.25, 0.3) is 0 Å². The van der Waals surface area contributed by atoms with Crippen molar-refractivity contribution >= 4 is 38.3 Å². The van der Waals surface area contributed by atoms with Crippen LogP contribution in [-0.2, 0) is 0 Å². The molecular formula is C13H16ClN3S. The molecule has 2 aromatic rings. The monoisotopic (exact) mass is 281 g/mol. The zero-order valence-electron chi connectivity index (χ0n) is 10.3. The van der Waals surface area contributed by atoms with Gasteiger partial charge in [-0.05, 0) is 44.6 Å². The molecule has 0 amide bonds. The summed E-state index contributed by atoms with van der Waals surface area (Å²) in [5, 5.41) is 5.32. The molecule has 5 heteroatoms. The molecule has 1 atom stereocenters. The molecule has 1 fully saturated rings. The Morgan fingerprint density at radius 1 is 1.50 bits per heavy atom. The minimum Gasteiger partial charge on any atom is -0.357 e. The van der Waals surface area contributed by atoms with Gasteiger partial charge in [0.15, 0.2) is 5.13 Å². The van der Waals surface area contributed by atoms with Gasteiger partial charge >= 0.3 is 0 Å².